The highest BCUT2D eigenvalue weighted by atomic mass is 32.2. The van der Waals surface area contributed by atoms with Crippen molar-refractivity contribution < 1.29 is 12.9 Å². The Morgan fingerprint density at radius 2 is 1.79 bits per heavy atom. The number of sulfone groups is 1. The summed E-state index contributed by atoms with van der Waals surface area (Å²) in [6, 6.07) is 11.2. The van der Waals surface area contributed by atoms with Gasteiger partial charge in [-0.05, 0) is 56.3 Å². The minimum atomic E-state index is -3.19. The van der Waals surface area contributed by atoms with Crippen LogP contribution in [-0.4, -0.2) is 79.4 Å². The van der Waals surface area contributed by atoms with Crippen LogP contribution in [0.5, 0.6) is 0 Å². The maximum atomic E-state index is 11.7. The maximum Gasteiger partial charge on any atom is 0.244 e. The minimum Gasteiger partial charge on any atom is -0.354 e. The molecule has 2 aliphatic heterocycles. The van der Waals surface area contributed by atoms with E-state index in [2.05, 4.69) is 31.9 Å². The van der Waals surface area contributed by atoms with Crippen LogP contribution in [0.25, 0.3) is 11.4 Å². The molecule has 9 nitrogen and oxygen atoms in total. The monoisotopic (exact) mass is 482 g/mol. The first-order valence-electron chi connectivity index (χ1n) is 11.6. The van der Waals surface area contributed by atoms with Crippen molar-refractivity contribution in [3.05, 3.63) is 54.0 Å². The second-order valence-corrected chi connectivity index (χ2v) is 11.2. The topological polar surface area (TPSA) is 95.7 Å². The maximum absolute atomic E-state index is 11.7. The third-order valence-corrected chi connectivity index (χ3v) is 7.79. The molecule has 1 aromatic carbocycles. The number of likely N-dealkylation sites (tertiary alicyclic amines) is 1. The Balaban J connectivity index is 1.26. The van der Waals surface area contributed by atoms with Gasteiger partial charge in [0.15, 0.2) is 9.84 Å². The van der Waals surface area contributed by atoms with Gasteiger partial charge in [0, 0.05) is 50.7 Å². The molecule has 0 aliphatic carbocycles. The van der Waals surface area contributed by atoms with Gasteiger partial charge in [-0.1, -0.05) is 17.3 Å². The van der Waals surface area contributed by atoms with Gasteiger partial charge < -0.3 is 14.3 Å². The van der Waals surface area contributed by atoms with Crippen LogP contribution in [0.4, 0.5) is 5.82 Å². The van der Waals surface area contributed by atoms with E-state index >= 15 is 0 Å². The minimum absolute atomic E-state index is 0.0495. The highest BCUT2D eigenvalue weighted by Gasteiger charge is 2.31. The normalized spacial score (nSPS) is 20.2. The molecule has 4 heterocycles. The molecule has 180 valence electrons. The molecule has 2 aromatic heterocycles. The summed E-state index contributed by atoms with van der Waals surface area (Å²) in [7, 11) is -1.05. The molecule has 2 aliphatic rings. The Morgan fingerprint density at radius 1 is 1.03 bits per heavy atom. The SMILES string of the molecule is CN1CCN(c2ccc(-c3noc([C@@H]4CCCN4Cc4ccc(S(C)(=O)=O)cc4)n3)cn2)CC1. The van der Waals surface area contributed by atoms with Crippen molar-refractivity contribution in [1.29, 1.82) is 0 Å². The number of rotatable bonds is 6. The van der Waals surface area contributed by atoms with Crippen LogP contribution >= 0.6 is 0 Å². The van der Waals surface area contributed by atoms with Crippen molar-refractivity contribution in [1.82, 2.24) is 24.9 Å². The Labute approximate surface area is 200 Å². The van der Waals surface area contributed by atoms with Gasteiger partial charge in [0.1, 0.15) is 5.82 Å². The molecule has 0 spiro atoms. The average molecular weight is 483 g/mol. The van der Waals surface area contributed by atoms with E-state index in [4.69, 9.17) is 9.51 Å². The van der Waals surface area contributed by atoms with Crippen molar-refractivity contribution in [3.63, 3.8) is 0 Å². The van der Waals surface area contributed by atoms with E-state index in [1.165, 1.54) is 6.26 Å². The second kappa shape index (κ2) is 9.44. The molecule has 10 heteroatoms. The summed E-state index contributed by atoms with van der Waals surface area (Å²) in [6.45, 7) is 5.66. The molecule has 1 atom stereocenters. The van der Waals surface area contributed by atoms with E-state index in [-0.39, 0.29) is 6.04 Å². The van der Waals surface area contributed by atoms with Crippen LogP contribution < -0.4 is 4.90 Å². The van der Waals surface area contributed by atoms with Gasteiger partial charge in [-0.25, -0.2) is 13.4 Å². The molecule has 2 fully saturated rings. The number of nitrogens with zero attached hydrogens (tertiary/aromatic N) is 6. The molecule has 3 aromatic rings. The molecule has 5 rings (SSSR count). The van der Waals surface area contributed by atoms with Gasteiger partial charge in [0.25, 0.3) is 0 Å². The van der Waals surface area contributed by atoms with Crippen molar-refractivity contribution >= 4 is 15.7 Å². The predicted molar refractivity (Wildman–Crippen MR) is 129 cm³/mol. The third-order valence-electron chi connectivity index (χ3n) is 6.66. The van der Waals surface area contributed by atoms with E-state index in [0.29, 0.717) is 23.2 Å². The lowest BCUT2D eigenvalue weighted by Crippen LogP contribution is -2.44. The van der Waals surface area contributed by atoms with E-state index < -0.39 is 9.84 Å². The van der Waals surface area contributed by atoms with Gasteiger partial charge in [0.05, 0.1) is 10.9 Å². The van der Waals surface area contributed by atoms with Gasteiger partial charge in [-0.2, -0.15) is 4.98 Å². The lowest BCUT2D eigenvalue weighted by molar-refractivity contribution is 0.201. The van der Waals surface area contributed by atoms with E-state index in [1.807, 2.05) is 30.5 Å². The van der Waals surface area contributed by atoms with Crippen LogP contribution in [0.1, 0.15) is 30.3 Å². The summed E-state index contributed by atoms with van der Waals surface area (Å²) < 4.78 is 29.1. The summed E-state index contributed by atoms with van der Waals surface area (Å²) in [6.07, 6.45) is 5.04. The first kappa shape index (κ1) is 22.9. The van der Waals surface area contributed by atoms with Gasteiger partial charge in [-0.15, -0.1) is 0 Å². The number of anilines is 1. The summed E-state index contributed by atoms with van der Waals surface area (Å²) >= 11 is 0. The van der Waals surface area contributed by atoms with Crippen molar-refractivity contribution in [2.24, 2.45) is 0 Å². The molecule has 34 heavy (non-hydrogen) atoms. The number of aromatic nitrogens is 3. The molecule has 0 unspecified atom stereocenters. The lowest BCUT2D eigenvalue weighted by atomic mass is 10.2. The number of hydrogen-bond acceptors (Lipinski definition) is 9. The van der Waals surface area contributed by atoms with Crippen LogP contribution in [0, 0.1) is 0 Å². The zero-order valence-corrected chi connectivity index (χ0v) is 20.4. The van der Waals surface area contributed by atoms with Crippen LogP contribution in [-0.2, 0) is 16.4 Å². The van der Waals surface area contributed by atoms with Gasteiger partial charge in [-0.3, -0.25) is 4.90 Å². The second-order valence-electron chi connectivity index (χ2n) is 9.20. The number of hydrogen-bond donors (Lipinski definition) is 0. The fourth-order valence-electron chi connectivity index (χ4n) is 4.60. The van der Waals surface area contributed by atoms with E-state index in [9.17, 15) is 8.42 Å². The number of benzene rings is 1. The highest BCUT2D eigenvalue weighted by Crippen LogP contribution is 2.33. The predicted octanol–water partition coefficient (Wildman–Crippen LogP) is 2.62. The Hall–Kier alpha value is -2.82. The average Bonchev–Trinajstić information content (AvgIpc) is 3.49. The smallest absolute Gasteiger partial charge is 0.244 e. The number of pyridine rings is 1. The molecule has 0 radical (unpaired) electrons. The molecule has 0 saturated carbocycles. The summed E-state index contributed by atoms with van der Waals surface area (Å²) in [4.78, 5) is 16.6. The van der Waals surface area contributed by atoms with Crippen molar-refractivity contribution in [3.8, 4) is 11.4 Å². The van der Waals surface area contributed by atoms with Crippen molar-refractivity contribution in [2.75, 3.05) is 50.9 Å². The number of likely N-dealkylation sites (N-methyl/N-ethyl adjacent to an activating group) is 1. The zero-order valence-electron chi connectivity index (χ0n) is 19.6. The molecule has 0 amide bonds. The standard InChI is InChI=1S/C24H30N6O3S/c1-28-12-14-29(15-13-28)22-10-7-19(16-25-22)23-26-24(33-27-23)21-4-3-11-30(21)17-18-5-8-20(9-6-18)34(2,31)32/h5-10,16,21H,3-4,11-15,17H2,1-2H3/t21-/m0/s1. The van der Waals surface area contributed by atoms with Gasteiger partial charge in [0.2, 0.25) is 11.7 Å². The molecule has 0 bridgehead atoms. The summed E-state index contributed by atoms with van der Waals surface area (Å²) in [5.74, 6) is 2.14. The van der Waals surface area contributed by atoms with Crippen LogP contribution in [0.2, 0.25) is 0 Å². The Morgan fingerprint density at radius 3 is 2.47 bits per heavy atom. The summed E-state index contributed by atoms with van der Waals surface area (Å²) in [5.41, 5.74) is 1.90. The molecule has 0 N–H and O–H groups in total. The lowest BCUT2D eigenvalue weighted by Gasteiger charge is -2.33. The summed E-state index contributed by atoms with van der Waals surface area (Å²) in [5, 5.41) is 4.22. The first-order chi connectivity index (χ1) is 16.4. The van der Waals surface area contributed by atoms with Crippen molar-refractivity contribution in [2.45, 2.75) is 30.3 Å². The largest absolute Gasteiger partial charge is 0.354 e. The first-order valence-corrected chi connectivity index (χ1v) is 13.5. The fourth-order valence-corrected chi connectivity index (χ4v) is 5.23. The van der Waals surface area contributed by atoms with Crippen LogP contribution in [0.15, 0.2) is 52.0 Å². The van der Waals surface area contributed by atoms with E-state index in [0.717, 1.165) is 62.5 Å². The highest BCUT2D eigenvalue weighted by molar-refractivity contribution is 7.90. The molecular formula is C24H30N6O3S. The quantitative estimate of drug-likeness (QED) is 0.525. The van der Waals surface area contributed by atoms with Gasteiger partial charge >= 0.3 is 0 Å². The molecular weight excluding hydrogens is 452 g/mol. The molecule has 2 saturated heterocycles. The fraction of sp³-hybridized carbons (Fsp3) is 0.458. The number of piperazine rings is 1. The third kappa shape index (κ3) is 4.98. The van der Waals surface area contributed by atoms with E-state index in [1.54, 1.807) is 12.1 Å². The van der Waals surface area contributed by atoms with Crippen LogP contribution in [0.3, 0.4) is 0 Å². The Bertz CT molecular complexity index is 1220. The zero-order chi connectivity index (χ0) is 23.7. The Kier molecular flexibility index (Phi) is 6.37.